The molecular formula is C13H19F3N4. The third kappa shape index (κ3) is 2.96. The van der Waals surface area contributed by atoms with Crippen molar-refractivity contribution in [3.05, 3.63) is 11.9 Å². The lowest BCUT2D eigenvalue weighted by Crippen LogP contribution is -2.39. The molecule has 0 aromatic carbocycles. The van der Waals surface area contributed by atoms with Gasteiger partial charge in [0.15, 0.2) is 0 Å². The lowest BCUT2D eigenvalue weighted by molar-refractivity contribution is -0.151. The molecule has 0 bridgehead atoms. The fourth-order valence-corrected chi connectivity index (χ4v) is 1.91. The molecule has 2 N–H and O–H groups in total. The molecule has 2 rings (SSSR count). The van der Waals surface area contributed by atoms with Crippen molar-refractivity contribution >= 4 is 11.6 Å². The van der Waals surface area contributed by atoms with Gasteiger partial charge in [0.2, 0.25) is 0 Å². The Morgan fingerprint density at radius 2 is 1.85 bits per heavy atom. The molecule has 4 nitrogen and oxygen atoms in total. The second-order valence-electron chi connectivity index (χ2n) is 5.39. The Kier molecular flexibility index (Phi) is 3.80. The predicted molar refractivity (Wildman–Crippen MR) is 71.9 cm³/mol. The highest BCUT2D eigenvalue weighted by Gasteiger charge is 2.63. The van der Waals surface area contributed by atoms with Crippen molar-refractivity contribution < 1.29 is 13.2 Å². The van der Waals surface area contributed by atoms with Crippen LogP contribution < -0.4 is 10.6 Å². The smallest absolute Gasteiger partial charge is 0.370 e. The van der Waals surface area contributed by atoms with Crippen molar-refractivity contribution in [2.75, 3.05) is 17.2 Å². The van der Waals surface area contributed by atoms with Gasteiger partial charge in [-0.3, -0.25) is 0 Å². The Labute approximate surface area is 116 Å². The zero-order valence-corrected chi connectivity index (χ0v) is 11.8. The van der Waals surface area contributed by atoms with Gasteiger partial charge in [0.1, 0.15) is 23.0 Å². The first-order chi connectivity index (χ1) is 9.27. The fraction of sp³-hybridized carbons (Fsp3) is 0.692. The van der Waals surface area contributed by atoms with E-state index in [4.69, 9.17) is 0 Å². The largest absolute Gasteiger partial charge is 0.411 e. The van der Waals surface area contributed by atoms with Gasteiger partial charge in [-0.1, -0.05) is 13.8 Å². The first-order valence-electron chi connectivity index (χ1n) is 6.75. The summed E-state index contributed by atoms with van der Waals surface area (Å²) in [7, 11) is 0. The van der Waals surface area contributed by atoms with Crippen molar-refractivity contribution in [2.24, 2.45) is 0 Å². The van der Waals surface area contributed by atoms with Crippen molar-refractivity contribution in [2.45, 2.75) is 51.2 Å². The molecule has 1 heterocycles. The second-order valence-corrected chi connectivity index (χ2v) is 5.39. The molecular weight excluding hydrogens is 269 g/mol. The lowest BCUT2D eigenvalue weighted by atomic mass is 10.2. The second kappa shape index (κ2) is 5.10. The highest BCUT2D eigenvalue weighted by Crippen LogP contribution is 2.51. The summed E-state index contributed by atoms with van der Waals surface area (Å²) >= 11 is 0. The summed E-state index contributed by atoms with van der Waals surface area (Å²) in [5, 5.41) is 5.56. The zero-order valence-electron chi connectivity index (χ0n) is 11.8. The molecule has 1 aromatic rings. The van der Waals surface area contributed by atoms with E-state index < -0.39 is 11.7 Å². The van der Waals surface area contributed by atoms with Crippen LogP contribution in [0, 0.1) is 0 Å². The van der Waals surface area contributed by atoms with Crippen molar-refractivity contribution in [3.8, 4) is 0 Å². The molecule has 1 fully saturated rings. The molecule has 0 aliphatic heterocycles. The van der Waals surface area contributed by atoms with Crippen LogP contribution in [-0.2, 0) is 0 Å². The van der Waals surface area contributed by atoms with Gasteiger partial charge < -0.3 is 10.6 Å². The Bertz CT molecular complexity index is 481. The number of alkyl halides is 3. The molecule has 0 spiro atoms. The van der Waals surface area contributed by atoms with Gasteiger partial charge in [0.25, 0.3) is 0 Å². The summed E-state index contributed by atoms with van der Waals surface area (Å²) < 4.78 is 38.9. The molecule has 0 amide bonds. The topological polar surface area (TPSA) is 49.8 Å². The van der Waals surface area contributed by atoms with E-state index in [0.717, 1.165) is 0 Å². The first-order valence-corrected chi connectivity index (χ1v) is 6.75. The number of nitrogens with zero attached hydrogens (tertiary/aromatic N) is 2. The van der Waals surface area contributed by atoms with E-state index in [1.165, 1.54) is 6.07 Å². The molecule has 0 atom stereocenters. The Balaban J connectivity index is 2.27. The number of anilines is 2. The van der Waals surface area contributed by atoms with Gasteiger partial charge in [0, 0.05) is 18.5 Å². The normalized spacial score (nSPS) is 17.1. The standard InChI is InChI=1S/C13H19F3N4/c1-4-17-9-7-10(19-11(18-9)8(2)3)20-12(5-6-12)13(14,15)16/h7-8H,4-6H2,1-3H3,(H2,17,18,19,20). The van der Waals surface area contributed by atoms with Crippen LogP contribution in [0.15, 0.2) is 6.07 Å². The highest BCUT2D eigenvalue weighted by atomic mass is 19.4. The van der Waals surface area contributed by atoms with Crippen molar-refractivity contribution in [1.29, 1.82) is 0 Å². The van der Waals surface area contributed by atoms with Gasteiger partial charge in [-0.05, 0) is 19.8 Å². The van der Waals surface area contributed by atoms with Crippen molar-refractivity contribution in [1.82, 2.24) is 9.97 Å². The van der Waals surface area contributed by atoms with Crippen LogP contribution in [0.4, 0.5) is 24.8 Å². The average molecular weight is 288 g/mol. The zero-order chi connectivity index (χ0) is 15.0. The molecule has 0 unspecified atom stereocenters. The molecule has 1 aliphatic carbocycles. The summed E-state index contributed by atoms with van der Waals surface area (Å²) in [6, 6.07) is 1.53. The van der Waals surface area contributed by atoms with Gasteiger partial charge in [0.05, 0.1) is 0 Å². The first kappa shape index (κ1) is 14.9. The van der Waals surface area contributed by atoms with Crippen molar-refractivity contribution in [3.63, 3.8) is 0 Å². The number of rotatable bonds is 5. The molecule has 1 aromatic heterocycles. The van der Waals surface area contributed by atoms with Crippen LogP contribution in [0.25, 0.3) is 0 Å². The third-order valence-electron chi connectivity index (χ3n) is 3.28. The van der Waals surface area contributed by atoms with Crippen LogP contribution in [0.3, 0.4) is 0 Å². The minimum absolute atomic E-state index is 0.0511. The Morgan fingerprint density at radius 3 is 2.30 bits per heavy atom. The van der Waals surface area contributed by atoms with Gasteiger partial charge in [-0.25, -0.2) is 9.97 Å². The van der Waals surface area contributed by atoms with Crippen LogP contribution in [0.5, 0.6) is 0 Å². The minimum Gasteiger partial charge on any atom is -0.370 e. The summed E-state index contributed by atoms with van der Waals surface area (Å²) in [5.41, 5.74) is -1.81. The lowest BCUT2D eigenvalue weighted by Gasteiger charge is -2.22. The monoisotopic (exact) mass is 288 g/mol. The summed E-state index contributed by atoms with van der Waals surface area (Å²) in [6.07, 6.45) is -4.07. The number of hydrogen-bond acceptors (Lipinski definition) is 4. The fourth-order valence-electron chi connectivity index (χ4n) is 1.91. The maximum Gasteiger partial charge on any atom is 0.411 e. The van der Waals surface area contributed by atoms with E-state index in [-0.39, 0.29) is 24.6 Å². The van der Waals surface area contributed by atoms with E-state index in [0.29, 0.717) is 18.2 Å². The summed E-state index contributed by atoms with van der Waals surface area (Å²) in [5.74, 6) is 1.36. The molecule has 112 valence electrons. The number of hydrogen-bond donors (Lipinski definition) is 2. The quantitative estimate of drug-likeness (QED) is 0.870. The van der Waals surface area contributed by atoms with Gasteiger partial charge in [-0.15, -0.1) is 0 Å². The van der Waals surface area contributed by atoms with Crippen LogP contribution in [0.2, 0.25) is 0 Å². The Hall–Kier alpha value is -1.53. The number of halogens is 3. The van der Waals surface area contributed by atoms with E-state index in [2.05, 4.69) is 20.6 Å². The van der Waals surface area contributed by atoms with Gasteiger partial charge in [-0.2, -0.15) is 13.2 Å². The van der Waals surface area contributed by atoms with Crippen LogP contribution in [0.1, 0.15) is 45.4 Å². The minimum atomic E-state index is -4.26. The average Bonchev–Trinajstić information content (AvgIpc) is 3.09. The van der Waals surface area contributed by atoms with Crippen LogP contribution >= 0.6 is 0 Å². The Morgan fingerprint density at radius 1 is 1.25 bits per heavy atom. The summed E-state index contributed by atoms with van der Waals surface area (Å²) in [6.45, 7) is 6.37. The molecule has 20 heavy (non-hydrogen) atoms. The summed E-state index contributed by atoms with van der Waals surface area (Å²) in [4.78, 5) is 8.48. The maximum absolute atomic E-state index is 13.0. The van der Waals surface area contributed by atoms with E-state index in [1.54, 1.807) is 0 Å². The predicted octanol–water partition coefficient (Wildman–Crippen LogP) is 3.54. The molecule has 1 aliphatic rings. The third-order valence-corrected chi connectivity index (χ3v) is 3.28. The van der Waals surface area contributed by atoms with E-state index >= 15 is 0 Å². The van der Waals surface area contributed by atoms with E-state index in [9.17, 15) is 13.2 Å². The number of aromatic nitrogens is 2. The molecule has 0 radical (unpaired) electrons. The highest BCUT2D eigenvalue weighted by molar-refractivity contribution is 5.51. The van der Waals surface area contributed by atoms with Crippen LogP contribution in [-0.4, -0.2) is 28.2 Å². The SMILES string of the molecule is CCNc1cc(NC2(C(F)(F)F)CC2)nc(C(C)C)n1. The molecule has 7 heteroatoms. The molecule has 1 saturated carbocycles. The number of nitrogens with one attached hydrogen (secondary N) is 2. The maximum atomic E-state index is 13.0. The molecule has 0 saturated heterocycles. The van der Waals surface area contributed by atoms with Gasteiger partial charge >= 0.3 is 6.18 Å². The van der Waals surface area contributed by atoms with E-state index in [1.807, 2.05) is 20.8 Å².